The Morgan fingerprint density at radius 3 is 2.39 bits per heavy atom. The maximum absolute atomic E-state index is 12.5. The number of likely N-dealkylation sites (N-methyl/N-ethyl adjacent to an activating group) is 1. The highest BCUT2D eigenvalue weighted by Crippen LogP contribution is 2.26. The summed E-state index contributed by atoms with van der Waals surface area (Å²) in [5.74, 6) is 0.129. The molecule has 2 aromatic carbocycles. The molecule has 0 saturated carbocycles. The molecule has 1 saturated heterocycles. The van der Waals surface area contributed by atoms with Gasteiger partial charge in [0.25, 0.3) is 0 Å². The molecular formula is C20H24N2O. The molecule has 1 atom stereocenters. The standard InChI is InChI=1S/C20H24N2O/c1-2-21-19(23)20(13-6-14-22-20)15-16-9-11-18(12-10-16)17-7-4-3-5-8-17/h3-5,7-12,22H,2,6,13-15H2,1H3,(H,21,23). The SMILES string of the molecule is CCNC(=O)C1(Cc2ccc(-c3ccccc3)cc2)CCCN1. The molecule has 1 aliphatic rings. The van der Waals surface area contributed by atoms with Crippen LogP contribution in [0.25, 0.3) is 11.1 Å². The smallest absolute Gasteiger partial charge is 0.240 e. The van der Waals surface area contributed by atoms with Gasteiger partial charge < -0.3 is 10.6 Å². The zero-order valence-electron chi connectivity index (χ0n) is 13.6. The summed E-state index contributed by atoms with van der Waals surface area (Å²) in [6.45, 7) is 3.56. The summed E-state index contributed by atoms with van der Waals surface area (Å²) in [7, 11) is 0. The minimum Gasteiger partial charge on any atom is -0.355 e. The molecule has 3 heteroatoms. The van der Waals surface area contributed by atoms with Crippen molar-refractivity contribution in [3.05, 3.63) is 60.2 Å². The van der Waals surface area contributed by atoms with E-state index in [-0.39, 0.29) is 5.91 Å². The van der Waals surface area contributed by atoms with E-state index < -0.39 is 5.54 Å². The molecule has 1 unspecified atom stereocenters. The van der Waals surface area contributed by atoms with Crippen molar-refractivity contribution in [1.82, 2.24) is 10.6 Å². The van der Waals surface area contributed by atoms with Crippen LogP contribution in [0.4, 0.5) is 0 Å². The molecule has 2 N–H and O–H groups in total. The molecule has 1 amide bonds. The molecule has 1 fully saturated rings. The molecule has 23 heavy (non-hydrogen) atoms. The van der Waals surface area contributed by atoms with Gasteiger partial charge >= 0.3 is 0 Å². The fourth-order valence-corrected chi connectivity index (χ4v) is 3.36. The average Bonchev–Trinajstić information content (AvgIpc) is 3.06. The Bertz CT molecular complexity index is 643. The van der Waals surface area contributed by atoms with Gasteiger partial charge in [-0.3, -0.25) is 4.79 Å². The van der Waals surface area contributed by atoms with E-state index in [0.29, 0.717) is 6.54 Å². The van der Waals surface area contributed by atoms with Crippen LogP contribution >= 0.6 is 0 Å². The van der Waals surface area contributed by atoms with Gasteiger partial charge in [0.2, 0.25) is 5.91 Å². The van der Waals surface area contributed by atoms with E-state index in [1.807, 2.05) is 13.0 Å². The van der Waals surface area contributed by atoms with Gasteiger partial charge in [-0.05, 0) is 49.4 Å². The first-order valence-corrected chi connectivity index (χ1v) is 8.41. The van der Waals surface area contributed by atoms with Crippen molar-refractivity contribution in [3.63, 3.8) is 0 Å². The first-order valence-electron chi connectivity index (χ1n) is 8.41. The summed E-state index contributed by atoms with van der Waals surface area (Å²) in [5, 5.41) is 6.42. The van der Waals surface area contributed by atoms with Crippen molar-refractivity contribution in [2.24, 2.45) is 0 Å². The quantitative estimate of drug-likeness (QED) is 0.891. The van der Waals surface area contributed by atoms with Crippen LogP contribution in [0.15, 0.2) is 54.6 Å². The van der Waals surface area contributed by atoms with Gasteiger partial charge in [-0.15, -0.1) is 0 Å². The van der Waals surface area contributed by atoms with Crippen LogP contribution in [-0.2, 0) is 11.2 Å². The van der Waals surface area contributed by atoms with Gasteiger partial charge in [0, 0.05) is 6.54 Å². The number of benzene rings is 2. The van der Waals surface area contributed by atoms with Gasteiger partial charge in [-0.2, -0.15) is 0 Å². The number of hydrogen-bond acceptors (Lipinski definition) is 2. The number of carbonyl (C=O) groups excluding carboxylic acids is 1. The summed E-state index contributed by atoms with van der Waals surface area (Å²) in [6.07, 6.45) is 2.70. The van der Waals surface area contributed by atoms with E-state index in [1.165, 1.54) is 16.7 Å². The molecule has 3 rings (SSSR count). The molecule has 120 valence electrons. The van der Waals surface area contributed by atoms with Crippen molar-refractivity contribution in [2.45, 2.75) is 31.7 Å². The van der Waals surface area contributed by atoms with Crippen molar-refractivity contribution >= 4 is 5.91 Å². The predicted octanol–water partition coefficient (Wildman–Crippen LogP) is 3.15. The largest absolute Gasteiger partial charge is 0.355 e. The lowest BCUT2D eigenvalue weighted by atomic mass is 9.87. The van der Waals surface area contributed by atoms with Crippen LogP contribution in [0.1, 0.15) is 25.3 Å². The molecular weight excluding hydrogens is 284 g/mol. The van der Waals surface area contributed by atoms with Gasteiger partial charge in [0.15, 0.2) is 0 Å². The van der Waals surface area contributed by atoms with Crippen molar-refractivity contribution < 1.29 is 4.79 Å². The monoisotopic (exact) mass is 308 g/mol. The van der Waals surface area contributed by atoms with E-state index in [2.05, 4.69) is 59.2 Å². The molecule has 3 nitrogen and oxygen atoms in total. The third-order valence-corrected chi connectivity index (χ3v) is 4.58. The lowest BCUT2D eigenvalue weighted by Gasteiger charge is -2.28. The Morgan fingerprint density at radius 1 is 1.09 bits per heavy atom. The van der Waals surface area contributed by atoms with Crippen LogP contribution in [0, 0.1) is 0 Å². The predicted molar refractivity (Wildman–Crippen MR) is 94.2 cm³/mol. The van der Waals surface area contributed by atoms with Gasteiger partial charge in [0.05, 0.1) is 0 Å². The summed E-state index contributed by atoms with van der Waals surface area (Å²) in [6, 6.07) is 18.9. The topological polar surface area (TPSA) is 41.1 Å². The third-order valence-electron chi connectivity index (χ3n) is 4.58. The summed E-state index contributed by atoms with van der Waals surface area (Å²) < 4.78 is 0. The highest BCUT2D eigenvalue weighted by atomic mass is 16.2. The normalized spacial score (nSPS) is 20.4. The highest BCUT2D eigenvalue weighted by Gasteiger charge is 2.40. The lowest BCUT2D eigenvalue weighted by molar-refractivity contribution is -0.127. The Morgan fingerprint density at radius 2 is 1.78 bits per heavy atom. The summed E-state index contributed by atoms with van der Waals surface area (Å²) >= 11 is 0. The first kappa shape index (κ1) is 15.8. The zero-order valence-corrected chi connectivity index (χ0v) is 13.6. The number of nitrogens with one attached hydrogen (secondary N) is 2. The van der Waals surface area contributed by atoms with Crippen LogP contribution in [0.2, 0.25) is 0 Å². The van der Waals surface area contributed by atoms with Gasteiger partial charge in [-0.25, -0.2) is 0 Å². The maximum Gasteiger partial charge on any atom is 0.240 e. The van der Waals surface area contributed by atoms with Crippen molar-refractivity contribution in [1.29, 1.82) is 0 Å². The molecule has 1 aliphatic heterocycles. The van der Waals surface area contributed by atoms with E-state index in [1.54, 1.807) is 0 Å². The fourth-order valence-electron chi connectivity index (χ4n) is 3.36. The van der Waals surface area contributed by atoms with E-state index in [0.717, 1.165) is 25.8 Å². The number of rotatable bonds is 5. The molecule has 1 heterocycles. The highest BCUT2D eigenvalue weighted by molar-refractivity contribution is 5.87. The average molecular weight is 308 g/mol. The summed E-state index contributed by atoms with van der Waals surface area (Å²) in [5.41, 5.74) is 3.19. The Balaban J connectivity index is 1.78. The van der Waals surface area contributed by atoms with E-state index in [4.69, 9.17) is 0 Å². The molecule has 2 aromatic rings. The maximum atomic E-state index is 12.5. The van der Waals surface area contributed by atoms with E-state index >= 15 is 0 Å². The molecule has 0 aliphatic carbocycles. The minimum absolute atomic E-state index is 0.129. The second-order valence-corrected chi connectivity index (χ2v) is 6.21. The lowest BCUT2D eigenvalue weighted by Crippen LogP contribution is -2.55. The summed E-state index contributed by atoms with van der Waals surface area (Å²) in [4.78, 5) is 12.5. The Hall–Kier alpha value is -2.13. The number of carbonyl (C=O) groups is 1. The van der Waals surface area contributed by atoms with Crippen molar-refractivity contribution in [2.75, 3.05) is 13.1 Å². The van der Waals surface area contributed by atoms with Crippen LogP contribution in [0.5, 0.6) is 0 Å². The minimum atomic E-state index is -0.440. The fraction of sp³-hybridized carbons (Fsp3) is 0.350. The first-order chi connectivity index (χ1) is 11.2. The van der Waals surface area contributed by atoms with E-state index in [9.17, 15) is 4.79 Å². The number of amides is 1. The Kier molecular flexibility index (Phi) is 4.77. The molecule has 0 spiro atoms. The molecule has 0 bridgehead atoms. The van der Waals surface area contributed by atoms with Gasteiger partial charge in [-0.1, -0.05) is 54.6 Å². The third kappa shape index (κ3) is 3.45. The van der Waals surface area contributed by atoms with Crippen molar-refractivity contribution in [3.8, 4) is 11.1 Å². The zero-order chi connectivity index (χ0) is 16.1. The van der Waals surface area contributed by atoms with Crippen LogP contribution in [-0.4, -0.2) is 24.5 Å². The van der Waals surface area contributed by atoms with Crippen LogP contribution < -0.4 is 10.6 Å². The second kappa shape index (κ2) is 6.97. The second-order valence-electron chi connectivity index (χ2n) is 6.21. The molecule has 0 radical (unpaired) electrons. The number of hydrogen-bond donors (Lipinski definition) is 2. The molecule has 0 aromatic heterocycles. The van der Waals surface area contributed by atoms with Gasteiger partial charge in [0.1, 0.15) is 5.54 Å². The van der Waals surface area contributed by atoms with Crippen LogP contribution in [0.3, 0.4) is 0 Å². The Labute approximate surface area is 138 Å².